The summed E-state index contributed by atoms with van der Waals surface area (Å²) in [6.45, 7) is 1.96. The molecule has 1 saturated carbocycles. The maximum Gasteiger partial charge on any atom is 0.144 e. The molecule has 2 N–H and O–H groups in total. The Morgan fingerprint density at radius 1 is 1.45 bits per heavy atom. The van der Waals surface area contributed by atoms with Crippen LogP contribution in [0.3, 0.4) is 0 Å². The van der Waals surface area contributed by atoms with Gasteiger partial charge in [0.2, 0.25) is 0 Å². The van der Waals surface area contributed by atoms with Crippen molar-refractivity contribution < 1.29 is 9.47 Å². The van der Waals surface area contributed by atoms with E-state index in [1.165, 1.54) is 12.8 Å². The highest BCUT2D eigenvalue weighted by atomic mass is 35.5. The van der Waals surface area contributed by atoms with E-state index in [1.54, 1.807) is 14.2 Å². The smallest absolute Gasteiger partial charge is 0.144 e. The average Bonchev–Trinajstić information content (AvgIpc) is 3.27. The Kier molecular flexibility index (Phi) is 6.04. The van der Waals surface area contributed by atoms with Gasteiger partial charge >= 0.3 is 0 Å². The largest absolute Gasteiger partial charge is 0.382 e. The molecule has 1 fully saturated rings. The van der Waals surface area contributed by atoms with Crippen LogP contribution in [0, 0.1) is 0 Å². The van der Waals surface area contributed by atoms with Crippen molar-refractivity contribution in [2.24, 2.45) is 0 Å². The Morgan fingerprint density at radius 3 is 2.85 bits per heavy atom. The van der Waals surface area contributed by atoms with Crippen LogP contribution in [0.1, 0.15) is 18.4 Å². The molecular formula is C14H22ClN3O2. The standard InChI is InChI=1S/C14H22ClN3O2/c1-19-9-12(20-2)8-18-14-13(15)5-10(7-17-14)6-16-11-3-4-11/h5,7,11-12,16H,3-4,6,8-9H2,1-2H3,(H,17,18). The van der Waals surface area contributed by atoms with Gasteiger partial charge in [0.1, 0.15) is 5.82 Å². The number of aromatic nitrogens is 1. The lowest BCUT2D eigenvalue weighted by molar-refractivity contribution is 0.0365. The van der Waals surface area contributed by atoms with Gasteiger partial charge in [-0.25, -0.2) is 4.98 Å². The molecule has 0 spiro atoms. The highest BCUT2D eigenvalue weighted by Crippen LogP contribution is 2.22. The van der Waals surface area contributed by atoms with E-state index < -0.39 is 0 Å². The van der Waals surface area contributed by atoms with Crippen LogP contribution in [0.4, 0.5) is 5.82 Å². The minimum atomic E-state index is -0.0194. The quantitative estimate of drug-likeness (QED) is 0.731. The van der Waals surface area contributed by atoms with Gasteiger partial charge < -0.3 is 20.1 Å². The highest BCUT2D eigenvalue weighted by Gasteiger charge is 2.20. The van der Waals surface area contributed by atoms with Crippen LogP contribution in [-0.4, -0.2) is 44.5 Å². The van der Waals surface area contributed by atoms with Gasteiger partial charge in [0, 0.05) is 39.5 Å². The first kappa shape index (κ1) is 15.5. The van der Waals surface area contributed by atoms with Crippen LogP contribution in [-0.2, 0) is 16.0 Å². The van der Waals surface area contributed by atoms with Gasteiger partial charge in [-0.2, -0.15) is 0 Å². The topological polar surface area (TPSA) is 55.4 Å². The fourth-order valence-electron chi connectivity index (χ4n) is 1.86. The number of rotatable bonds is 9. The van der Waals surface area contributed by atoms with Crippen molar-refractivity contribution in [1.82, 2.24) is 10.3 Å². The Hall–Kier alpha value is -0.880. The zero-order valence-corrected chi connectivity index (χ0v) is 12.7. The van der Waals surface area contributed by atoms with Gasteiger partial charge in [0.15, 0.2) is 0 Å². The van der Waals surface area contributed by atoms with Crippen molar-refractivity contribution in [1.29, 1.82) is 0 Å². The van der Waals surface area contributed by atoms with Crippen molar-refractivity contribution in [3.8, 4) is 0 Å². The molecule has 5 nitrogen and oxygen atoms in total. The molecular weight excluding hydrogens is 278 g/mol. The molecule has 0 bridgehead atoms. The molecule has 2 rings (SSSR count). The fourth-order valence-corrected chi connectivity index (χ4v) is 2.12. The third kappa shape index (κ3) is 4.90. The number of hydrogen-bond donors (Lipinski definition) is 2. The van der Waals surface area contributed by atoms with E-state index in [9.17, 15) is 0 Å². The van der Waals surface area contributed by atoms with Crippen LogP contribution in [0.5, 0.6) is 0 Å². The van der Waals surface area contributed by atoms with Gasteiger partial charge in [-0.05, 0) is 24.5 Å². The summed E-state index contributed by atoms with van der Waals surface area (Å²) in [5, 5.41) is 7.26. The lowest BCUT2D eigenvalue weighted by atomic mass is 10.2. The monoisotopic (exact) mass is 299 g/mol. The predicted octanol–water partition coefficient (Wildman–Crippen LogP) is 2.06. The number of nitrogens with zero attached hydrogens (tertiary/aromatic N) is 1. The van der Waals surface area contributed by atoms with E-state index >= 15 is 0 Å². The van der Waals surface area contributed by atoms with Gasteiger partial charge in [-0.3, -0.25) is 0 Å². The molecule has 1 unspecified atom stereocenters. The second-order valence-electron chi connectivity index (χ2n) is 5.02. The van der Waals surface area contributed by atoms with E-state index in [0.29, 0.717) is 30.0 Å². The summed E-state index contributed by atoms with van der Waals surface area (Å²) in [7, 11) is 3.31. The summed E-state index contributed by atoms with van der Waals surface area (Å²) in [5.41, 5.74) is 1.10. The molecule has 0 saturated heterocycles. The molecule has 0 aromatic carbocycles. The van der Waals surface area contributed by atoms with Crippen LogP contribution >= 0.6 is 11.6 Å². The van der Waals surface area contributed by atoms with E-state index in [-0.39, 0.29) is 6.10 Å². The van der Waals surface area contributed by atoms with Crippen LogP contribution in [0.15, 0.2) is 12.3 Å². The molecule has 1 aliphatic carbocycles. The lowest BCUT2D eigenvalue weighted by Crippen LogP contribution is -2.27. The molecule has 20 heavy (non-hydrogen) atoms. The maximum atomic E-state index is 6.24. The van der Waals surface area contributed by atoms with Gasteiger partial charge in [-0.1, -0.05) is 11.6 Å². The molecule has 0 amide bonds. The Bertz CT molecular complexity index is 427. The number of pyridine rings is 1. The summed E-state index contributed by atoms with van der Waals surface area (Å²) >= 11 is 6.24. The molecule has 6 heteroatoms. The molecule has 1 aromatic rings. The number of hydrogen-bond acceptors (Lipinski definition) is 5. The highest BCUT2D eigenvalue weighted by molar-refractivity contribution is 6.32. The second kappa shape index (κ2) is 7.78. The predicted molar refractivity (Wildman–Crippen MR) is 80.3 cm³/mol. The van der Waals surface area contributed by atoms with Crippen LogP contribution < -0.4 is 10.6 Å². The first-order valence-electron chi connectivity index (χ1n) is 6.86. The zero-order valence-electron chi connectivity index (χ0n) is 12.0. The number of methoxy groups -OCH3 is 2. The minimum absolute atomic E-state index is 0.0194. The number of nitrogens with one attached hydrogen (secondary N) is 2. The Labute approximate surface area is 125 Å². The van der Waals surface area contributed by atoms with Crippen LogP contribution in [0.25, 0.3) is 0 Å². The molecule has 1 aliphatic rings. The first-order valence-corrected chi connectivity index (χ1v) is 7.24. The first-order chi connectivity index (χ1) is 9.72. The summed E-state index contributed by atoms with van der Waals surface area (Å²) in [5.74, 6) is 0.681. The van der Waals surface area contributed by atoms with Gasteiger partial charge in [-0.15, -0.1) is 0 Å². The third-order valence-corrected chi connectivity index (χ3v) is 3.54. The van der Waals surface area contributed by atoms with Crippen molar-refractivity contribution in [2.45, 2.75) is 31.5 Å². The molecule has 1 aromatic heterocycles. The average molecular weight is 300 g/mol. The maximum absolute atomic E-state index is 6.24. The van der Waals surface area contributed by atoms with Crippen molar-refractivity contribution in [3.63, 3.8) is 0 Å². The number of anilines is 1. The number of ether oxygens (including phenoxy) is 2. The molecule has 1 atom stereocenters. The lowest BCUT2D eigenvalue weighted by Gasteiger charge is -2.16. The Morgan fingerprint density at radius 2 is 2.25 bits per heavy atom. The molecule has 1 heterocycles. The fraction of sp³-hybridized carbons (Fsp3) is 0.643. The summed E-state index contributed by atoms with van der Waals surface area (Å²) in [6.07, 6.45) is 4.38. The molecule has 0 aliphatic heterocycles. The van der Waals surface area contributed by atoms with Crippen molar-refractivity contribution >= 4 is 17.4 Å². The SMILES string of the molecule is COCC(CNc1ncc(CNC2CC2)cc1Cl)OC. The summed E-state index contributed by atoms with van der Waals surface area (Å²) in [4.78, 5) is 4.36. The summed E-state index contributed by atoms with van der Waals surface area (Å²) in [6, 6.07) is 2.63. The van der Waals surface area contributed by atoms with E-state index in [0.717, 1.165) is 12.1 Å². The second-order valence-corrected chi connectivity index (χ2v) is 5.43. The van der Waals surface area contributed by atoms with E-state index in [4.69, 9.17) is 21.1 Å². The van der Waals surface area contributed by atoms with Gasteiger partial charge in [0.25, 0.3) is 0 Å². The molecule has 0 radical (unpaired) electrons. The molecule has 112 valence electrons. The van der Waals surface area contributed by atoms with Gasteiger partial charge in [0.05, 0.1) is 17.7 Å². The van der Waals surface area contributed by atoms with Crippen LogP contribution in [0.2, 0.25) is 5.02 Å². The summed E-state index contributed by atoms with van der Waals surface area (Å²) < 4.78 is 10.3. The third-order valence-electron chi connectivity index (χ3n) is 3.25. The van der Waals surface area contributed by atoms with E-state index in [2.05, 4.69) is 15.6 Å². The number of halogens is 1. The zero-order chi connectivity index (χ0) is 14.4. The van der Waals surface area contributed by atoms with E-state index in [1.807, 2.05) is 12.3 Å². The minimum Gasteiger partial charge on any atom is -0.382 e. The normalized spacial score (nSPS) is 16.1. The van der Waals surface area contributed by atoms with Crippen molar-refractivity contribution in [2.75, 3.05) is 32.7 Å². The van der Waals surface area contributed by atoms with Crippen molar-refractivity contribution in [3.05, 3.63) is 22.8 Å². The Balaban J connectivity index is 1.84.